The lowest BCUT2D eigenvalue weighted by Gasteiger charge is -2.54. The first kappa shape index (κ1) is 25.4. The number of hydrogen-bond acceptors (Lipinski definition) is 5. The van der Waals surface area contributed by atoms with Gasteiger partial charge in [0.15, 0.2) is 5.60 Å². The van der Waals surface area contributed by atoms with Gasteiger partial charge in [0.2, 0.25) is 11.8 Å². The summed E-state index contributed by atoms with van der Waals surface area (Å²) < 4.78 is 30.4. The maximum Gasteiger partial charge on any atom is 0.264 e. The number of piperidine rings is 2. The van der Waals surface area contributed by atoms with Crippen LogP contribution >= 0.6 is 0 Å². The first-order valence-electron chi connectivity index (χ1n) is 13.3. The largest absolute Gasteiger partial charge is 0.372 e. The fourth-order valence-electron chi connectivity index (χ4n) is 6.98. The Morgan fingerprint density at radius 2 is 1.74 bits per heavy atom. The minimum atomic E-state index is -3.19. The third kappa shape index (κ3) is 3.82. The molecule has 3 N–H and O–H groups in total. The van der Waals surface area contributed by atoms with Gasteiger partial charge in [0.1, 0.15) is 12.1 Å². The number of nitrogens with zero attached hydrogens (tertiary/aromatic N) is 2. The Bertz CT molecular complexity index is 1360. The molecule has 3 saturated heterocycles. The molecular formula is C29H28F2N4O4. The van der Waals surface area contributed by atoms with Crippen LogP contribution in [-0.4, -0.2) is 58.3 Å². The third-order valence-corrected chi connectivity index (χ3v) is 8.83. The van der Waals surface area contributed by atoms with Gasteiger partial charge in [-0.15, -0.1) is 0 Å². The molecule has 4 fully saturated rings. The van der Waals surface area contributed by atoms with Crippen molar-refractivity contribution in [3.63, 3.8) is 0 Å². The Hall–Kier alpha value is -3.84. The van der Waals surface area contributed by atoms with E-state index in [1.54, 1.807) is 48.5 Å². The molecule has 3 amide bonds. The third-order valence-electron chi connectivity index (χ3n) is 8.83. The number of amides is 3. The molecule has 2 bridgehead atoms. The zero-order valence-electron chi connectivity index (χ0n) is 21.1. The highest BCUT2D eigenvalue weighted by Crippen LogP contribution is 2.53. The van der Waals surface area contributed by atoms with Crippen molar-refractivity contribution in [1.29, 1.82) is 5.26 Å². The van der Waals surface area contributed by atoms with Crippen LogP contribution in [0.3, 0.4) is 0 Å². The van der Waals surface area contributed by atoms with Crippen LogP contribution in [0.5, 0.6) is 0 Å². The van der Waals surface area contributed by atoms with Crippen molar-refractivity contribution in [2.24, 2.45) is 11.8 Å². The number of nitriles is 1. The van der Waals surface area contributed by atoms with E-state index >= 15 is 8.78 Å². The first-order valence-corrected chi connectivity index (χ1v) is 13.3. The Labute approximate surface area is 224 Å². The second-order valence-electron chi connectivity index (χ2n) is 11.0. The van der Waals surface area contributed by atoms with Crippen LogP contribution in [0.2, 0.25) is 0 Å². The van der Waals surface area contributed by atoms with E-state index in [1.807, 2.05) is 6.07 Å². The molecule has 2 aromatic carbocycles. The quantitative estimate of drug-likeness (QED) is 0.544. The van der Waals surface area contributed by atoms with Crippen molar-refractivity contribution in [2.75, 3.05) is 6.54 Å². The molecule has 202 valence electrons. The molecule has 2 aliphatic carbocycles. The molecule has 2 aromatic rings. The fourth-order valence-corrected chi connectivity index (χ4v) is 6.98. The first-order chi connectivity index (χ1) is 18.7. The highest BCUT2D eigenvalue weighted by atomic mass is 19.3. The van der Waals surface area contributed by atoms with E-state index in [0.29, 0.717) is 35.2 Å². The van der Waals surface area contributed by atoms with Gasteiger partial charge in [-0.25, -0.2) is 8.78 Å². The second kappa shape index (κ2) is 9.12. The summed E-state index contributed by atoms with van der Waals surface area (Å²) in [5.41, 5.74) is -0.153. The van der Waals surface area contributed by atoms with Crippen LogP contribution in [0.15, 0.2) is 48.5 Å². The van der Waals surface area contributed by atoms with Gasteiger partial charge in [-0.05, 0) is 36.8 Å². The Kier molecular flexibility index (Phi) is 5.95. The summed E-state index contributed by atoms with van der Waals surface area (Å²) in [6, 6.07) is 12.2. The molecule has 0 aromatic heterocycles. The van der Waals surface area contributed by atoms with Crippen molar-refractivity contribution in [3.05, 3.63) is 59.7 Å². The number of carbonyl (C=O) groups excluding carboxylic acids is 3. The minimum Gasteiger partial charge on any atom is -0.372 e. The molecule has 3 heterocycles. The summed E-state index contributed by atoms with van der Waals surface area (Å²) in [5, 5.41) is 27.0. The molecule has 0 unspecified atom stereocenters. The Morgan fingerprint density at radius 3 is 2.31 bits per heavy atom. The number of alkyl halides is 2. The fraction of sp³-hybridized carbons (Fsp3) is 0.448. The molecule has 39 heavy (non-hydrogen) atoms. The number of rotatable bonds is 5. The number of carbonyl (C=O) groups is 3. The van der Waals surface area contributed by atoms with Gasteiger partial charge in [-0.1, -0.05) is 48.5 Å². The normalized spacial score (nSPS) is 28.2. The van der Waals surface area contributed by atoms with E-state index in [-0.39, 0.29) is 25.2 Å². The molecule has 0 spiro atoms. The molecule has 1 saturated carbocycles. The van der Waals surface area contributed by atoms with Crippen LogP contribution in [0, 0.1) is 23.2 Å². The second-order valence-corrected chi connectivity index (χ2v) is 11.0. The van der Waals surface area contributed by atoms with Gasteiger partial charge in [0.05, 0.1) is 12.0 Å². The summed E-state index contributed by atoms with van der Waals surface area (Å²) in [4.78, 5) is 41.2. The number of halogens is 2. The highest BCUT2D eigenvalue weighted by Gasteiger charge is 2.63. The zero-order chi connectivity index (χ0) is 27.5. The highest BCUT2D eigenvalue weighted by molar-refractivity contribution is 6.01. The van der Waals surface area contributed by atoms with Crippen molar-refractivity contribution in [3.8, 4) is 17.2 Å². The van der Waals surface area contributed by atoms with Crippen molar-refractivity contribution in [1.82, 2.24) is 15.5 Å². The van der Waals surface area contributed by atoms with E-state index in [9.17, 15) is 24.8 Å². The van der Waals surface area contributed by atoms with E-state index in [2.05, 4.69) is 10.6 Å². The lowest BCUT2D eigenvalue weighted by Crippen LogP contribution is -2.70. The zero-order valence-corrected chi connectivity index (χ0v) is 21.1. The summed E-state index contributed by atoms with van der Waals surface area (Å²) >= 11 is 0. The Balaban J connectivity index is 1.36. The minimum absolute atomic E-state index is 0.0351. The van der Waals surface area contributed by atoms with Crippen LogP contribution < -0.4 is 10.6 Å². The summed E-state index contributed by atoms with van der Waals surface area (Å²) in [6.07, 6.45) is 0.266. The average Bonchev–Trinajstić information content (AvgIpc) is 3.46. The lowest BCUT2D eigenvalue weighted by molar-refractivity contribution is -0.201. The van der Waals surface area contributed by atoms with Gasteiger partial charge in [-0.2, -0.15) is 5.26 Å². The van der Waals surface area contributed by atoms with Crippen molar-refractivity contribution >= 4 is 17.7 Å². The van der Waals surface area contributed by atoms with Crippen LogP contribution in [0.4, 0.5) is 8.78 Å². The standard InChI is InChI=1S/C29H28F2N4O4/c30-28(31)14-18-9-10-23(28)24(26(37)34-17(15-32)13-16-11-12-33-25(16)36)35(18)27(38)29(39)21-7-3-1-5-19(21)20-6-2-4-8-22(20)29/h1-8,16-18,23-24,39H,9-14H2,(H,33,36)(H,34,37)/t16-,17+,18+,23+,24-/m0/s1. The summed E-state index contributed by atoms with van der Waals surface area (Å²) in [6.45, 7) is 0.470. The molecule has 3 aliphatic heterocycles. The monoisotopic (exact) mass is 534 g/mol. The maximum absolute atomic E-state index is 15.2. The molecule has 10 heteroatoms. The van der Waals surface area contributed by atoms with E-state index in [1.165, 1.54) is 0 Å². The van der Waals surface area contributed by atoms with Crippen LogP contribution in [0.1, 0.15) is 43.2 Å². The van der Waals surface area contributed by atoms with Crippen molar-refractivity contribution in [2.45, 2.75) is 61.8 Å². The topological polar surface area (TPSA) is 123 Å². The van der Waals surface area contributed by atoms with Gasteiger partial charge in [0.25, 0.3) is 11.8 Å². The molecule has 5 atom stereocenters. The van der Waals surface area contributed by atoms with E-state index < -0.39 is 59.7 Å². The number of benzene rings is 2. The van der Waals surface area contributed by atoms with Crippen LogP contribution in [0.25, 0.3) is 11.1 Å². The van der Waals surface area contributed by atoms with Crippen molar-refractivity contribution < 1.29 is 28.3 Å². The summed E-state index contributed by atoms with van der Waals surface area (Å²) in [7, 11) is 0. The SMILES string of the molecule is N#C[C@@H](C[C@@H]1CCNC1=O)NC(=O)[C@@H]1[C@H]2CC[C@H](CC2(F)F)N1C(=O)C1(O)c2ccccc2-c2ccccc21. The van der Waals surface area contributed by atoms with Gasteiger partial charge in [-0.3, -0.25) is 14.4 Å². The maximum atomic E-state index is 15.2. The van der Waals surface area contributed by atoms with E-state index in [4.69, 9.17) is 0 Å². The smallest absolute Gasteiger partial charge is 0.264 e. The predicted octanol–water partition coefficient (Wildman–Crippen LogP) is 2.45. The van der Waals surface area contributed by atoms with Gasteiger partial charge < -0.3 is 20.6 Å². The molecular weight excluding hydrogens is 506 g/mol. The number of hydrogen-bond donors (Lipinski definition) is 3. The molecule has 7 rings (SSSR count). The van der Waals surface area contributed by atoms with E-state index in [0.717, 1.165) is 4.90 Å². The number of aliphatic hydroxyl groups is 1. The van der Waals surface area contributed by atoms with Gasteiger partial charge in [0, 0.05) is 36.1 Å². The van der Waals surface area contributed by atoms with Crippen LogP contribution in [-0.2, 0) is 20.0 Å². The Morgan fingerprint density at radius 1 is 1.10 bits per heavy atom. The number of fused-ring (bicyclic) bond motifs is 6. The molecule has 5 aliphatic rings. The molecule has 0 radical (unpaired) electrons. The lowest BCUT2D eigenvalue weighted by atomic mass is 9.70. The average molecular weight is 535 g/mol. The summed E-state index contributed by atoms with van der Waals surface area (Å²) in [5.74, 6) is -7.03. The predicted molar refractivity (Wildman–Crippen MR) is 135 cm³/mol. The molecule has 8 nitrogen and oxygen atoms in total. The number of nitrogens with one attached hydrogen (secondary N) is 2. The van der Waals surface area contributed by atoms with Gasteiger partial charge >= 0.3 is 0 Å².